The van der Waals surface area contributed by atoms with Crippen molar-refractivity contribution in [3.8, 4) is 11.6 Å². The van der Waals surface area contributed by atoms with Gasteiger partial charge in [-0.25, -0.2) is 9.97 Å². The van der Waals surface area contributed by atoms with Crippen LogP contribution < -0.4 is 4.74 Å². The molecule has 2 rings (SSSR count). The molecule has 2 aromatic heterocycles. The Balaban J connectivity index is 2.34. The summed E-state index contributed by atoms with van der Waals surface area (Å²) in [6.45, 7) is 0. The van der Waals surface area contributed by atoms with Gasteiger partial charge in [0.2, 0.25) is 0 Å². The summed E-state index contributed by atoms with van der Waals surface area (Å²) in [5.74, 6) is 0.213. The predicted octanol–water partition coefficient (Wildman–Crippen LogP) is 3.59. The Labute approximate surface area is 115 Å². The van der Waals surface area contributed by atoms with Crippen molar-refractivity contribution in [1.82, 2.24) is 9.97 Å². The van der Waals surface area contributed by atoms with Gasteiger partial charge in [-0.1, -0.05) is 11.6 Å². The summed E-state index contributed by atoms with van der Waals surface area (Å²) in [6.07, 6.45) is 2.77. The van der Waals surface area contributed by atoms with E-state index < -0.39 is 4.92 Å². The first-order valence-electron chi connectivity index (χ1n) is 4.65. The lowest BCUT2D eigenvalue weighted by atomic mass is 10.4. The molecule has 0 unspecified atom stereocenters. The molecule has 92 valence electrons. The topological polar surface area (TPSA) is 78.2 Å². The Kier molecular flexibility index (Phi) is 3.73. The third kappa shape index (κ3) is 2.93. The number of nitro groups is 1. The number of aromatic nitrogens is 2. The number of hydrogen-bond acceptors (Lipinski definition) is 5. The average Bonchev–Trinajstić information content (AvgIpc) is 2.34. The Hall–Kier alpha value is -1.73. The highest BCUT2D eigenvalue weighted by molar-refractivity contribution is 9.10. The van der Waals surface area contributed by atoms with Crippen molar-refractivity contribution >= 4 is 33.2 Å². The van der Waals surface area contributed by atoms with Crippen LogP contribution in [0.2, 0.25) is 5.15 Å². The zero-order chi connectivity index (χ0) is 13.1. The summed E-state index contributed by atoms with van der Waals surface area (Å²) < 4.78 is 5.78. The fourth-order valence-electron chi connectivity index (χ4n) is 1.16. The summed E-state index contributed by atoms with van der Waals surface area (Å²) >= 11 is 8.73. The van der Waals surface area contributed by atoms with E-state index >= 15 is 0 Å². The van der Waals surface area contributed by atoms with Crippen molar-refractivity contribution < 1.29 is 9.66 Å². The molecule has 0 aliphatic rings. The number of nitrogens with zero attached hydrogens (tertiary/aromatic N) is 3. The molecule has 0 radical (unpaired) electrons. The van der Waals surface area contributed by atoms with Crippen LogP contribution in [0.4, 0.5) is 5.69 Å². The van der Waals surface area contributed by atoms with E-state index in [-0.39, 0.29) is 11.6 Å². The number of ether oxygens (including phenoxy) is 1. The number of pyridine rings is 2. The minimum atomic E-state index is -0.573. The van der Waals surface area contributed by atoms with Gasteiger partial charge in [0.05, 0.1) is 11.1 Å². The fourth-order valence-corrected chi connectivity index (χ4v) is 1.59. The zero-order valence-corrected chi connectivity index (χ0v) is 11.1. The third-order valence-electron chi connectivity index (χ3n) is 1.91. The molecule has 6 nitrogen and oxygen atoms in total. The summed E-state index contributed by atoms with van der Waals surface area (Å²) in [5.41, 5.74) is -0.237. The first kappa shape index (κ1) is 12.7. The van der Waals surface area contributed by atoms with Crippen molar-refractivity contribution in [2.75, 3.05) is 0 Å². The second-order valence-corrected chi connectivity index (χ2v) is 4.46. The van der Waals surface area contributed by atoms with Gasteiger partial charge < -0.3 is 4.74 Å². The molecule has 18 heavy (non-hydrogen) atoms. The molecule has 0 bridgehead atoms. The molecule has 0 atom stereocenters. The van der Waals surface area contributed by atoms with Crippen molar-refractivity contribution in [3.63, 3.8) is 0 Å². The minimum Gasteiger partial charge on any atom is -0.432 e. The molecule has 0 aromatic carbocycles. The van der Waals surface area contributed by atoms with Crippen LogP contribution in [0.15, 0.2) is 35.1 Å². The van der Waals surface area contributed by atoms with E-state index in [1.165, 1.54) is 24.5 Å². The minimum absolute atomic E-state index is 0.104. The SMILES string of the molecule is O=[N+]([O-])c1cc(Br)cnc1Oc1ccc(Cl)nc1. The molecule has 0 fully saturated rings. The second-order valence-electron chi connectivity index (χ2n) is 3.15. The van der Waals surface area contributed by atoms with Gasteiger partial charge in [-0.05, 0) is 28.1 Å². The van der Waals surface area contributed by atoms with Crippen LogP contribution in [0.25, 0.3) is 0 Å². The van der Waals surface area contributed by atoms with Gasteiger partial charge in [0, 0.05) is 16.7 Å². The Bertz CT molecular complexity index is 591. The van der Waals surface area contributed by atoms with Crippen LogP contribution in [0.5, 0.6) is 11.6 Å². The summed E-state index contributed by atoms with van der Waals surface area (Å²) in [6, 6.07) is 4.37. The van der Waals surface area contributed by atoms with E-state index in [4.69, 9.17) is 16.3 Å². The number of halogens is 2. The maximum Gasteiger partial charge on any atom is 0.332 e. The molecular formula is C10H5BrClN3O3. The molecule has 0 amide bonds. The fraction of sp³-hybridized carbons (Fsp3) is 0. The Morgan fingerprint density at radius 1 is 1.33 bits per heavy atom. The summed E-state index contributed by atoms with van der Waals surface area (Å²) in [5, 5.41) is 11.2. The second kappa shape index (κ2) is 5.28. The van der Waals surface area contributed by atoms with Crippen LogP contribution in [0.1, 0.15) is 0 Å². The third-order valence-corrected chi connectivity index (χ3v) is 2.57. The van der Waals surface area contributed by atoms with E-state index in [1.54, 1.807) is 6.07 Å². The summed E-state index contributed by atoms with van der Waals surface area (Å²) in [7, 11) is 0. The normalized spacial score (nSPS) is 10.1. The van der Waals surface area contributed by atoms with E-state index in [1.807, 2.05) is 0 Å². The van der Waals surface area contributed by atoms with Gasteiger partial charge in [-0.3, -0.25) is 10.1 Å². The molecule has 0 saturated carbocycles. The first-order chi connectivity index (χ1) is 8.56. The Morgan fingerprint density at radius 3 is 2.72 bits per heavy atom. The van der Waals surface area contributed by atoms with Crippen LogP contribution in [-0.2, 0) is 0 Å². The number of rotatable bonds is 3. The largest absolute Gasteiger partial charge is 0.432 e. The smallest absolute Gasteiger partial charge is 0.332 e. The lowest BCUT2D eigenvalue weighted by molar-refractivity contribution is -0.386. The summed E-state index contributed by atoms with van der Waals surface area (Å²) in [4.78, 5) is 17.9. The zero-order valence-electron chi connectivity index (χ0n) is 8.71. The molecule has 0 saturated heterocycles. The molecular weight excluding hydrogens is 325 g/mol. The highest BCUT2D eigenvalue weighted by atomic mass is 79.9. The average molecular weight is 331 g/mol. The van der Waals surface area contributed by atoms with Gasteiger partial charge >= 0.3 is 5.69 Å². The van der Waals surface area contributed by atoms with E-state index in [9.17, 15) is 10.1 Å². The molecule has 0 aliphatic heterocycles. The van der Waals surface area contributed by atoms with Gasteiger partial charge in [0.15, 0.2) is 0 Å². The van der Waals surface area contributed by atoms with Crippen LogP contribution >= 0.6 is 27.5 Å². The number of hydrogen-bond donors (Lipinski definition) is 0. The van der Waals surface area contributed by atoms with E-state index in [0.29, 0.717) is 15.4 Å². The molecule has 2 heterocycles. The monoisotopic (exact) mass is 329 g/mol. The van der Waals surface area contributed by atoms with Crippen LogP contribution in [0.3, 0.4) is 0 Å². The maximum atomic E-state index is 10.8. The van der Waals surface area contributed by atoms with E-state index in [0.717, 1.165) is 0 Å². The van der Waals surface area contributed by atoms with Gasteiger partial charge in [-0.15, -0.1) is 0 Å². The first-order valence-corrected chi connectivity index (χ1v) is 5.82. The maximum absolute atomic E-state index is 10.8. The van der Waals surface area contributed by atoms with Crippen LogP contribution in [0, 0.1) is 10.1 Å². The molecule has 0 aliphatic carbocycles. The standard InChI is InChI=1S/C10H5BrClN3O3/c11-6-3-8(15(16)17)10(14-4-6)18-7-1-2-9(12)13-5-7/h1-5H. The highest BCUT2D eigenvalue weighted by Crippen LogP contribution is 2.31. The van der Waals surface area contributed by atoms with Crippen molar-refractivity contribution in [2.45, 2.75) is 0 Å². The predicted molar refractivity (Wildman–Crippen MR) is 67.9 cm³/mol. The van der Waals surface area contributed by atoms with Gasteiger partial charge in [0.1, 0.15) is 10.9 Å². The van der Waals surface area contributed by atoms with Crippen molar-refractivity contribution in [2.24, 2.45) is 0 Å². The van der Waals surface area contributed by atoms with Crippen LogP contribution in [-0.4, -0.2) is 14.9 Å². The highest BCUT2D eigenvalue weighted by Gasteiger charge is 2.18. The molecule has 8 heteroatoms. The Morgan fingerprint density at radius 2 is 2.11 bits per heavy atom. The quantitative estimate of drug-likeness (QED) is 0.488. The van der Waals surface area contributed by atoms with Gasteiger partial charge in [0.25, 0.3) is 5.88 Å². The molecule has 0 N–H and O–H groups in total. The lowest BCUT2D eigenvalue weighted by Gasteiger charge is -2.04. The van der Waals surface area contributed by atoms with E-state index in [2.05, 4.69) is 25.9 Å². The van der Waals surface area contributed by atoms with Crippen molar-refractivity contribution in [1.29, 1.82) is 0 Å². The molecule has 2 aromatic rings. The lowest BCUT2D eigenvalue weighted by Crippen LogP contribution is -1.96. The van der Waals surface area contributed by atoms with Crippen molar-refractivity contribution in [3.05, 3.63) is 50.3 Å². The molecule has 0 spiro atoms. The van der Waals surface area contributed by atoms with Gasteiger partial charge in [-0.2, -0.15) is 0 Å².